The van der Waals surface area contributed by atoms with Crippen molar-refractivity contribution < 1.29 is 0 Å². The molecular formula is C24H24. The van der Waals surface area contributed by atoms with E-state index in [1.54, 1.807) is 11.1 Å². The van der Waals surface area contributed by atoms with Gasteiger partial charge in [0.1, 0.15) is 0 Å². The molecule has 3 aromatic carbocycles. The van der Waals surface area contributed by atoms with E-state index >= 15 is 0 Å². The fraction of sp³-hybridized carbons (Fsp3) is 0.250. The number of aryl methyl sites for hydroxylation is 1. The molecule has 3 aromatic rings. The quantitative estimate of drug-likeness (QED) is 0.528. The summed E-state index contributed by atoms with van der Waals surface area (Å²) in [7, 11) is 0. The second-order valence-electron chi connectivity index (χ2n) is 6.89. The lowest BCUT2D eigenvalue weighted by molar-refractivity contribution is 0.492. The molecule has 0 bridgehead atoms. The predicted octanol–water partition coefficient (Wildman–Crippen LogP) is 6.33. The highest BCUT2D eigenvalue weighted by Crippen LogP contribution is 2.43. The molecule has 0 heteroatoms. The monoisotopic (exact) mass is 312 g/mol. The average molecular weight is 312 g/mol. The van der Waals surface area contributed by atoms with Gasteiger partial charge >= 0.3 is 0 Å². The van der Waals surface area contributed by atoms with Crippen LogP contribution >= 0.6 is 0 Å². The normalized spacial score (nSPS) is 19.7. The maximum Gasteiger partial charge on any atom is 0.00923 e. The maximum atomic E-state index is 2.36. The van der Waals surface area contributed by atoms with Gasteiger partial charge in [0.15, 0.2) is 0 Å². The summed E-state index contributed by atoms with van der Waals surface area (Å²) in [6, 6.07) is 31.0. The molecular weight excluding hydrogens is 288 g/mol. The molecule has 2 atom stereocenters. The Bertz CT molecular complexity index is 773. The summed E-state index contributed by atoms with van der Waals surface area (Å²) in [4.78, 5) is 0. The van der Waals surface area contributed by atoms with E-state index in [1.807, 2.05) is 0 Å². The highest BCUT2D eigenvalue weighted by Gasteiger charge is 2.27. The van der Waals surface area contributed by atoms with Crippen molar-refractivity contribution in [1.29, 1.82) is 0 Å². The average Bonchev–Trinajstić information content (AvgIpc) is 2.67. The lowest BCUT2D eigenvalue weighted by atomic mass is 9.72. The van der Waals surface area contributed by atoms with E-state index in [4.69, 9.17) is 0 Å². The summed E-state index contributed by atoms with van der Waals surface area (Å²) in [5.74, 6) is 1.26. The fourth-order valence-corrected chi connectivity index (χ4v) is 4.20. The zero-order valence-electron chi connectivity index (χ0n) is 14.1. The summed E-state index contributed by atoms with van der Waals surface area (Å²) in [6.45, 7) is 0. The number of fused-ring (bicyclic) bond motifs is 1. The van der Waals surface area contributed by atoms with Crippen molar-refractivity contribution in [2.45, 2.75) is 37.5 Å². The van der Waals surface area contributed by atoms with E-state index in [0.717, 1.165) is 0 Å². The van der Waals surface area contributed by atoms with Crippen LogP contribution in [0.15, 0.2) is 84.9 Å². The Morgan fingerprint density at radius 3 is 2.00 bits per heavy atom. The van der Waals surface area contributed by atoms with Gasteiger partial charge in [0.2, 0.25) is 0 Å². The lowest BCUT2D eigenvalue weighted by Gasteiger charge is -2.32. The second-order valence-corrected chi connectivity index (χ2v) is 6.89. The largest absolute Gasteiger partial charge is 0.0622 e. The lowest BCUT2D eigenvalue weighted by Crippen LogP contribution is -2.16. The van der Waals surface area contributed by atoms with Gasteiger partial charge in [-0.25, -0.2) is 0 Å². The van der Waals surface area contributed by atoms with Crippen molar-refractivity contribution in [3.63, 3.8) is 0 Å². The molecule has 0 amide bonds. The standard InChI is InChI=1S/C24H24/c1-3-9-19(10-4-1)15-16-21-17-18-23(20-11-5-2-6-12-20)24-14-8-7-13-22(21)24/h1-14,21,23H,15-18H2. The molecule has 0 aliphatic heterocycles. The van der Waals surface area contributed by atoms with Crippen LogP contribution in [-0.2, 0) is 6.42 Å². The molecule has 0 heterocycles. The highest BCUT2D eigenvalue weighted by molar-refractivity contribution is 5.42. The van der Waals surface area contributed by atoms with Crippen molar-refractivity contribution in [2.75, 3.05) is 0 Å². The molecule has 120 valence electrons. The third kappa shape index (κ3) is 3.14. The minimum absolute atomic E-state index is 0.565. The summed E-state index contributed by atoms with van der Waals surface area (Å²) in [6.07, 6.45) is 4.99. The van der Waals surface area contributed by atoms with E-state index in [-0.39, 0.29) is 0 Å². The molecule has 0 fully saturated rings. The van der Waals surface area contributed by atoms with Gasteiger partial charge < -0.3 is 0 Å². The van der Waals surface area contributed by atoms with Crippen molar-refractivity contribution in [3.8, 4) is 0 Å². The van der Waals surface area contributed by atoms with Gasteiger partial charge in [-0.05, 0) is 53.9 Å². The third-order valence-electron chi connectivity index (χ3n) is 5.44. The Kier molecular flexibility index (Phi) is 4.46. The van der Waals surface area contributed by atoms with E-state index in [0.29, 0.717) is 11.8 Å². The summed E-state index contributed by atoms with van der Waals surface area (Å²) < 4.78 is 0. The SMILES string of the molecule is c1ccc(CCC2CCC(c3ccccc3)c3ccccc32)cc1. The second kappa shape index (κ2) is 7.05. The van der Waals surface area contributed by atoms with Gasteiger partial charge in [-0.1, -0.05) is 84.9 Å². The number of benzene rings is 3. The van der Waals surface area contributed by atoms with Crippen LogP contribution in [0, 0.1) is 0 Å². The van der Waals surface area contributed by atoms with E-state index in [9.17, 15) is 0 Å². The molecule has 1 aliphatic carbocycles. The van der Waals surface area contributed by atoms with E-state index in [2.05, 4.69) is 84.9 Å². The van der Waals surface area contributed by atoms with Crippen LogP contribution in [0.1, 0.15) is 53.4 Å². The van der Waals surface area contributed by atoms with Crippen molar-refractivity contribution in [3.05, 3.63) is 107 Å². The number of rotatable bonds is 4. The highest BCUT2D eigenvalue weighted by atomic mass is 14.3. The topological polar surface area (TPSA) is 0 Å². The molecule has 0 nitrogen and oxygen atoms in total. The Balaban J connectivity index is 1.57. The minimum atomic E-state index is 0.565. The summed E-state index contributed by atoms with van der Waals surface area (Å²) in [5, 5.41) is 0. The smallest absolute Gasteiger partial charge is 0.00923 e. The van der Waals surface area contributed by atoms with Gasteiger partial charge in [-0.15, -0.1) is 0 Å². The maximum absolute atomic E-state index is 2.36. The van der Waals surface area contributed by atoms with Crippen LogP contribution < -0.4 is 0 Å². The van der Waals surface area contributed by atoms with Gasteiger partial charge in [-0.3, -0.25) is 0 Å². The zero-order valence-corrected chi connectivity index (χ0v) is 14.1. The molecule has 0 saturated heterocycles. The van der Waals surface area contributed by atoms with Crippen molar-refractivity contribution >= 4 is 0 Å². The van der Waals surface area contributed by atoms with E-state index in [1.165, 1.54) is 36.8 Å². The predicted molar refractivity (Wildman–Crippen MR) is 101 cm³/mol. The minimum Gasteiger partial charge on any atom is -0.0622 e. The van der Waals surface area contributed by atoms with Crippen LogP contribution in [-0.4, -0.2) is 0 Å². The number of hydrogen-bond acceptors (Lipinski definition) is 0. The molecule has 0 radical (unpaired) electrons. The third-order valence-corrected chi connectivity index (χ3v) is 5.44. The zero-order chi connectivity index (χ0) is 16.2. The molecule has 0 spiro atoms. The van der Waals surface area contributed by atoms with E-state index < -0.39 is 0 Å². The van der Waals surface area contributed by atoms with Gasteiger partial charge in [0.05, 0.1) is 0 Å². The van der Waals surface area contributed by atoms with Gasteiger partial charge in [-0.2, -0.15) is 0 Å². The van der Waals surface area contributed by atoms with Crippen LogP contribution in [0.4, 0.5) is 0 Å². The first-order valence-corrected chi connectivity index (χ1v) is 9.09. The Morgan fingerprint density at radius 1 is 0.625 bits per heavy atom. The first-order valence-electron chi connectivity index (χ1n) is 9.09. The van der Waals surface area contributed by atoms with Crippen molar-refractivity contribution in [2.24, 2.45) is 0 Å². The molecule has 0 saturated carbocycles. The molecule has 24 heavy (non-hydrogen) atoms. The van der Waals surface area contributed by atoms with Crippen molar-refractivity contribution in [1.82, 2.24) is 0 Å². The number of hydrogen-bond donors (Lipinski definition) is 0. The van der Waals surface area contributed by atoms with Crippen LogP contribution in [0.5, 0.6) is 0 Å². The van der Waals surface area contributed by atoms with Gasteiger partial charge in [0.25, 0.3) is 0 Å². The summed E-state index contributed by atoms with van der Waals surface area (Å²) in [5.41, 5.74) is 6.05. The molecule has 0 aromatic heterocycles. The Labute approximate surface area is 145 Å². The van der Waals surface area contributed by atoms with Crippen LogP contribution in [0.3, 0.4) is 0 Å². The summed E-state index contributed by atoms with van der Waals surface area (Å²) >= 11 is 0. The Morgan fingerprint density at radius 2 is 1.25 bits per heavy atom. The molecule has 1 aliphatic rings. The van der Waals surface area contributed by atoms with Crippen LogP contribution in [0.2, 0.25) is 0 Å². The first kappa shape index (κ1) is 15.2. The Hall–Kier alpha value is -2.34. The van der Waals surface area contributed by atoms with Gasteiger partial charge in [0, 0.05) is 5.92 Å². The molecule has 0 N–H and O–H groups in total. The van der Waals surface area contributed by atoms with Crippen LogP contribution in [0.25, 0.3) is 0 Å². The first-order chi connectivity index (χ1) is 11.9. The molecule has 4 rings (SSSR count). The fourth-order valence-electron chi connectivity index (χ4n) is 4.20. The molecule has 2 unspecified atom stereocenters.